The molecular formula is C18H17N3O2S2. The van der Waals surface area contributed by atoms with E-state index < -0.39 is 0 Å². The van der Waals surface area contributed by atoms with E-state index in [2.05, 4.69) is 27.6 Å². The average Bonchev–Trinajstić information content (AvgIpc) is 3.08. The number of benzene rings is 2. The first kappa shape index (κ1) is 17.4. The molecule has 0 aliphatic heterocycles. The summed E-state index contributed by atoms with van der Waals surface area (Å²) < 4.78 is 5.27. The molecule has 0 saturated heterocycles. The van der Waals surface area contributed by atoms with Crippen LogP contribution in [-0.2, 0) is 17.0 Å². The van der Waals surface area contributed by atoms with E-state index in [1.165, 1.54) is 16.2 Å². The highest BCUT2D eigenvalue weighted by molar-refractivity contribution is 7.98. The fourth-order valence-corrected chi connectivity index (χ4v) is 3.87. The van der Waals surface area contributed by atoms with Gasteiger partial charge in [0.15, 0.2) is 0 Å². The number of carbonyl (C=O) groups excluding carboxylic acids is 1. The number of carbonyl (C=O) groups is 1. The van der Waals surface area contributed by atoms with Crippen molar-refractivity contribution in [1.29, 1.82) is 0 Å². The van der Waals surface area contributed by atoms with Gasteiger partial charge in [0, 0.05) is 10.5 Å². The Labute approximate surface area is 154 Å². The maximum absolute atomic E-state index is 12.2. The minimum absolute atomic E-state index is 0.136. The lowest BCUT2D eigenvalue weighted by molar-refractivity contribution is -0.115. The van der Waals surface area contributed by atoms with E-state index >= 15 is 0 Å². The van der Waals surface area contributed by atoms with Crippen molar-refractivity contribution in [3.05, 3.63) is 65.2 Å². The zero-order valence-electron chi connectivity index (χ0n) is 13.6. The third-order valence-electron chi connectivity index (χ3n) is 3.36. The summed E-state index contributed by atoms with van der Waals surface area (Å²) in [5.41, 5.74) is 0.840. The first-order valence-corrected chi connectivity index (χ1v) is 9.47. The molecule has 0 aliphatic rings. The van der Waals surface area contributed by atoms with Crippen molar-refractivity contribution in [3.63, 3.8) is 0 Å². The molecule has 0 saturated carbocycles. The number of hydrogen-bond acceptors (Lipinski definition) is 6. The molecule has 128 valence electrons. The number of rotatable bonds is 7. The highest BCUT2D eigenvalue weighted by Crippen LogP contribution is 2.26. The second kappa shape index (κ2) is 8.64. The molecule has 0 unspecified atom stereocenters. The summed E-state index contributed by atoms with van der Waals surface area (Å²) in [6.07, 6.45) is 0.234. The molecule has 25 heavy (non-hydrogen) atoms. The van der Waals surface area contributed by atoms with Gasteiger partial charge in [-0.25, -0.2) is 0 Å². The lowest BCUT2D eigenvalue weighted by Gasteiger charge is -2.07. The number of para-hydroxylation sites is 1. The third-order valence-corrected chi connectivity index (χ3v) is 5.41. The molecule has 0 spiro atoms. The van der Waals surface area contributed by atoms with Crippen LogP contribution in [0, 0.1) is 0 Å². The standard InChI is InChI=1S/C18H17N3O2S2/c1-23-15-10-6-5-7-13(15)11-16(22)19-18-21-20-17(25-18)12-24-14-8-3-2-4-9-14/h2-10H,11-12H2,1H3,(H,19,21,22). The SMILES string of the molecule is COc1ccccc1CC(=O)Nc1nnc(CSc2ccccc2)s1. The highest BCUT2D eigenvalue weighted by Gasteiger charge is 2.11. The van der Waals surface area contributed by atoms with E-state index in [9.17, 15) is 4.79 Å². The summed E-state index contributed by atoms with van der Waals surface area (Å²) in [7, 11) is 1.60. The number of nitrogens with zero attached hydrogens (tertiary/aromatic N) is 2. The minimum atomic E-state index is -0.136. The van der Waals surface area contributed by atoms with Gasteiger partial charge in [-0.1, -0.05) is 47.7 Å². The summed E-state index contributed by atoms with van der Waals surface area (Å²) in [6, 6.07) is 17.6. The van der Waals surface area contributed by atoms with Crippen LogP contribution >= 0.6 is 23.1 Å². The van der Waals surface area contributed by atoms with Crippen LogP contribution in [0.4, 0.5) is 5.13 Å². The first-order chi connectivity index (χ1) is 12.2. The Bertz CT molecular complexity index is 837. The van der Waals surface area contributed by atoms with Crippen LogP contribution in [0.15, 0.2) is 59.5 Å². The maximum atomic E-state index is 12.2. The molecule has 3 rings (SSSR count). The van der Waals surface area contributed by atoms with Crippen LogP contribution in [-0.4, -0.2) is 23.2 Å². The van der Waals surface area contributed by atoms with Gasteiger partial charge < -0.3 is 10.1 Å². The van der Waals surface area contributed by atoms with Crippen LogP contribution in [0.2, 0.25) is 0 Å². The van der Waals surface area contributed by atoms with Gasteiger partial charge in [-0.2, -0.15) is 0 Å². The van der Waals surface area contributed by atoms with Crippen LogP contribution in [0.3, 0.4) is 0 Å². The highest BCUT2D eigenvalue weighted by atomic mass is 32.2. The summed E-state index contributed by atoms with van der Waals surface area (Å²) in [6.45, 7) is 0. The van der Waals surface area contributed by atoms with Crippen molar-refractivity contribution in [2.45, 2.75) is 17.1 Å². The molecule has 1 amide bonds. The van der Waals surface area contributed by atoms with Crippen molar-refractivity contribution in [1.82, 2.24) is 10.2 Å². The Morgan fingerprint density at radius 1 is 1.12 bits per heavy atom. The molecule has 0 radical (unpaired) electrons. The topological polar surface area (TPSA) is 64.1 Å². The van der Waals surface area contributed by atoms with Crippen LogP contribution in [0.5, 0.6) is 5.75 Å². The number of amides is 1. The molecule has 0 fully saturated rings. The monoisotopic (exact) mass is 371 g/mol. The van der Waals surface area contributed by atoms with Gasteiger partial charge in [0.25, 0.3) is 0 Å². The number of anilines is 1. The smallest absolute Gasteiger partial charge is 0.230 e. The zero-order chi connectivity index (χ0) is 17.5. The lowest BCUT2D eigenvalue weighted by atomic mass is 10.1. The van der Waals surface area contributed by atoms with Gasteiger partial charge in [-0.15, -0.1) is 22.0 Å². The fraction of sp³-hybridized carbons (Fsp3) is 0.167. The number of aromatic nitrogens is 2. The van der Waals surface area contributed by atoms with Gasteiger partial charge in [0.05, 0.1) is 19.3 Å². The largest absolute Gasteiger partial charge is 0.496 e. The predicted octanol–water partition coefficient (Wildman–Crippen LogP) is 4.02. The van der Waals surface area contributed by atoms with Crippen molar-refractivity contribution in [2.75, 3.05) is 12.4 Å². The molecule has 1 N–H and O–H groups in total. The van der Waals surface area contributed by atoms with Crippen molar-refractivity contribution >= 4 is 34.1 Å². The Kier molecular flexibility index (Phi) is 6.03. The van der Waals surface area contributed by atoms with Gasteiger partial charge in [0.2, 0.25) is 11.0 Å². The average molecular weight is 371 g/mol. The Morgan fingerprint density at radius 3 is 2.68 bits per heavy atom. The third kappa shape index (κ3) is 5.04. The number of ether oxygens (including phenoxy) is 1. The van der Waals surface area contributed by atoms with Crippen LogP contribution < -0.4 is 10.1 Å². The number of nitrogens with one attached hydrogen (secondary N) is 1. The van der Waals surface area contributed by atoms with E-state index in [0.29, 0.717) is 10.9 Å². The van der Waals surface area contributed by atoms with E-state index in [-0.39, 0.29) is 12.3 Å². The van der Waals surface area contributed by atoms with Gasteiger partial charge in [0.1, 0.15) is 10.8 Å². The molecule has 5 nitrogen and oxygen atoms in total. The molecule has 0 atom stereocenters. The fourth-order valence-electron chi connectivity index (χ4n) is 2.21. The second-order valence-corrected chi connectivity index (χ2v) is 7.25. The van der Waals surface area contributed by atoms with E-state index in [1.54, 1.807) is 18.9 Å². The quantitative estimate of drug-likeness (QED) is 0.636. The molecule has 0 aliphatic carbocycles. The zero-order valence-corrected chi connectivity index (χ0v) is 15.3. The molecule has 3 aromatic rings. The minimum Gasteiger partial charge on any atom is -0.496 e. The molecule has 0 bridgehead atoms. The molecule has 1 heterocycles. The molecular weight excluding hydrogens is 354 g/mol. The van der Waals surface area contributed by atoms with Gasteiger partial charge >= 0.3 is 0 Å². The van der Waals surface area contributed by atoms with E-state index in [0.717, 1.165) is 16.3 Å². The van der Waals surface area contributed by atoms with E-state index in [4.69, 9.17) is 4.74 Å². The van der Waals surface area contributed by atoms with Crippen molar-refractivity contribution < 1.29 is 9.53 Å². The van der Waals surface area contributed by atoms with Crippen LogP contribution in [0.25, 0.3) is 0 Å². The number of hydrogen-bond donors (Lipinski definition) is 1. The summed E-state index contributed by atoms with van der Waals surface area (Å²) in [4.78, 5) is 13.4. The Morgan fingerprint density at radius 2 is 1.88 bits per heavy atom. The Hall–Kier alpha value is -2.38. The number of methoxy groups -OCH3 is 1. The summed E-state index contributed by atoms with van der Waals surface area (Å²) in [5.74, 6) is 1.29. The Balaban J connectivity index is 1.55. The maximum Gasteiger partial charge on any atom is 0.230 e. The van der Waals surface area contributed by atoms with E-state index in [1.807, 2.05) is 42.5 Å². The van der Waals surface area contributed by atoms with Gasteiger partial charge in [-0.05, 0) is 18.2 Å². The molecule has 7 heteroatoms. The first-order valence-electron chi connectivity index (χ1n) is 7.66. The predicted molar refractivity (Wildman–Crippen MR) is 101 cm³/mol. The molecule has 2 aromatic carbocycles. The van der Waals surface area contributed by atoms with Crippen molar-refractivity contribution in [2.24, 2.45) is 0 Å². The number of thioether (sulfide) groups is 1. The molecule has 1 aromatic heterocycles. The summed E-state index contributed by atoms with van der Waals surface area (Å²) in [5, 5.41) is 12.4. The van der Waals surface area contributed by atoms with Crippen LogP contribution in [0.1, 0.15) is 10.6 Å². The van der Waals surface area contributed by atoms with Gasteiger partial charge in [-0.3, -0.25) is 4.79 Å². The normalized spacial score (nSPS) is 10.4. The second-order valence-electron chi connectivity index (χ2n) is 5.14. The lowest BCUT2D eigenvalue weighted by Crippen LogP contribution is -2.14. The summed E-state index contributed by atoms with van der Waals surface area (Å²) >= 11 is 3.09. The van der Waals surface area contributed by atoms with Crippen molar-refractivity contribution in [3.8, 4) is 5.75 Å².